The summed E-state index contributed by atoms with van der Waals surface area (Å²) >= 11 is 0. The number of pyridine rings is 1. The molecule has 1 heterocycles. The summed E-state index contributed by atoms with van der Waals surface area (Å²) < 4.78 is 13.2. The minimum Gasteiger partial charge on any atom is -0.505 e. The van der Waals surface area contributed by atoms with E-state index in [-0.39, 0.29) is 24.4 Å². The first-order valence-electron chi connectivity index (χ1n) is 7.92. The molecule has 0 aliphatic carbocycles. The third kappa shape index (κ3) is 3.87. The highest BCUT2D eigenvalue weighted by molar-refractivity contribution is 5.76. The Labute approximate surface area is 149 Å². The van der Waals surface area contributed by atoms with Crippen molar-refractivity contribution in [3.63, 3.8) is 0 Å². The van der Waals surface area contributed by atoms with Crippen LogP contribution in [0.25, 0.3) is 22.4 Å². The molecule has 0 amide bonds. The lowest BCUT2D eigenvalue weighted by Crippen LogP contribution is -2.14. The minimum absolute atomic E-state index is 0. The molecule has 0 aliphatic rings. The first kappa shape index (κ1) is 18.7. The summed E-state index contributed by atoms with van der Waals surface area (Å²) in [6.07, 6.45) is 0. The van der Waals surface area contributed by atoms with Gasteiger partial charge >= 0.3 is 0 Å². The maximum Gasteiger partial charge on any atom is 0.145 e. The van der Waals surface area contributed by atoms with Gasteiger partial charge in [0.1, 0.15) is 11.6 Å². The highest BCUT2D eigenvalue weighted by atomic mass is 19.1. The summed E-state index contributed by atoms with van der Waals surface area (Å²) in [5.74, 6) is -0.152. The van der Waals surface area contributed by atoms with Crippen LogP contribution >= 0.6 is 0 Å². The molecule has 0 bridgehead atoms. The maximum absolute atomic E-state index is 13.2. The van der Waals surface area contributed by atoms with Gasteiger partial charge in [-0.05, 0) is 23.8 Å². The number of rotatable bonds is 2. The topological polar surface area (TPSA) is 33.1 Å². The van der Waals surface area contributed by atoms with Gasteiger partial charge < -0.3 is 5.11 Å². The molecule has 0 saturated carbocycles. The highest BCUT2D eigenvalue weighted by Gasteiger charge is 2.24. The van der Waals surface area contributed by atoms with Crippen LogP contribution in [0.4, 0.5) is 4.39 Å². The van der Waals surface area contributed by atoms with Crippen molar-refractivity contribution in [2.24, 2.45) is 0 Å². The number of aromatic hydroxyl groups is 1. The SMILES string of the molecule is C.CC(C)(C)c1nc(-c2ccccc2)cc(-c2ccc(F)cc2)c1O. The Morgan fingerprint density at radius 2 is 1.48 bits per heavy atom. The molecule has 3 rings (SSSR count). The van der Waals surface area contributed by atoms with E-state index in [0.717, 1.165) is 16.8 Å². The predicted molar refractivity (Wildman–Crippen MR) is 102 cm³/mol. The molecule has 0 spiro atoms. The van der Waals surface area contributed by atoms with Gasteiger partial charge in [0, 0.05) is 16.5 Å². The van der Waals surface area contributed by atoms with Gasteiger partial charge in [0.05, 0.1) is 11.4 Å². The van der Waals surface area contributed by atoms with Gasteiger partial charge in [0.2, 0.25) is 0 Å². The van der Waals surface area contributed by atoms with Crippen molar-refractivity contribution >= 4 is 0 Å². The Hall–Kier alpha value is -2.68. The number of benzene rings is 2. The molecule has 0 fully saturated rings. The van der Waals surface area contributed by atoms with Gasteiger partial charge in [-0.3, -0.25) is 0 Å². The number of hydrogen-bond acceptors (Lipinski definition) is 2. The normalized spacial score (nSPS) is 11.0. The molecule has 1 N–H and O–H groups in total. The van der Waals surface area contributed by atoms with E-state index in [1.54, 1.807) is 12.1 Å². The summed E-state index contributed by atoms with van der Waals surface area (Å²) in [4.78, 5) is 4.69. The molecule has 0 atom stereocenters. The summed E-state index contributed by atoms with van der Waals surface area (Å²) in [5, 5.41) is 10.8. The van der Waals surface area contributed by atoms with E-state index in [4.69, 9.17) is 4.98 Å². The van der Waals surface area contributed by atoms with Crippen molar-refractivity contribution in [1.82, 2.24) is 4.98 Å². The van der Waals surface area contributed by atoms with Crippen molar-refractivity contribution in [2.75, 3.05) is 0 Å². The Balaban J connectivity index is 0.00000225. The predicted octanol–water partition coefficient (Wildman–Crippen LogP) is 6.19. The number of aromatic nitrogens is 1. The molecule has 3 heteroatoms. The van der Waals surface area contributed by atoms with Crippen LogP contribution in [0.3, 0.4) is 0 Å². The van der Waals surface area contributed by atoms with Crippen LogP contribution in [0.5, 0.6) is 5.75 Å². The van der Waals surface area contributed by atoms with Crippen LogP contribution < -0.4 is 0 Å². The van der Waals surface area contributed by atoms with Crippen molar-refractivity contribution in [1.29, 1.82) is 0 Å². The summed E-state index contributed by atoms with van der Waals surface area (Å²) in [6.45, 7) is 6.04. The lowest BCUT2D eigenvalue weighted by atomic mass is 9.88. The van der Waals surface area contributed by atoms with Crippen molar-refractivity contribution in [3.05, 3.63) is 72.2 Å². The molecule has 2 aromatic carbocycles. The Morgan fingerprint density at radius 1 is 0.880 bits per heavy atom. The monoisotopic (exact) mass is 337 g/mol. The summed E-state index contributed by atoms with van der Waals surface area (Å²) in [7, 11) is 0. The average Bonchev–Trinajstić information content (AvgIpc) is 2.56. The van der Waals surface area contributed by atoms with Gasteiger partial charge in [-0.1, -0.05) is 70.7 Å². The average molecular weight is 337 g/mol. The largest absolute Gasteiger partial charge is 0.505 e. The second-order valence-corrected chi connectivity index (χ2v) is 6.88. The molecule has 2 nitrogen and oxygen atoms in total. The molecule has 3 aromatic rings. The Morgan fingerprint density at radius 3 is 2.04 bits per heavy atom. The molecule has 25 heavy (non-hydrogen) atoms. The molecule has 0 saturated heterocycles. The number of halogens is 1. The van der Waals surface area contributed by atoms with E-state index in [0.29, 0.717) is 11.3 Å². The molecule has 0 unspecified atom stereocenters. The van der Waals surface area contributed by atoms with Crippen LogP contribution in [0.1, 0.15) is 33.9 Å². The van der Waals surface area contributed by atoms with Crippen LogP contribution in [0.15, 0.2) is 60.7 Å². The maximum atomic E-state index is 13.2. The van der Waals surface area contributed by atoms with E-state index in [1.807, 2.05) is 57.2 Å². The standard InChI is InChI=1S/C21H20FNO.CH4/c1-21(2,3)20-19(24)17(14-9-11-16(22)12-10-14)13-18(23-20)15-7-5-4-6-8-15;/h4-13,24H,1-3H3;1H4. The van der Waals surface area contributed by atoms with Gasteiger partial charge in [-0.15, -0.1) is 0 Å². The van der Waals surface area contributed by atoms with Crippen LogP contribution in [0.2, 0.25) is 0 Å². The van der Waals surface area contributed by atoms with E-state index < -0.39 is 0 Å². The van der Waals surface area contributed by atoms with Crippen molar-refractivity contribution in [3.8, 4) is 28.1 Å². The second-order valence-electron chi connectivity index (χ2n) is 6.88. The first-order chi connectivity index (χ1) is 11.4. The fraction of sp³-hybridized carbons (Fsp3) is 0.227. The van der Waals surface area contributed by atoms with Crippen LogP contribution in [-0.4, -0.2) is 10.1 Å². The Bertz CT molecular complexity index is 850. The molecule has 0 aliphatic heterocycles. The molecular weight excluding hydrogens is 313 g/mol. The fourth-order valence-corrected chi connectivity index (χ4v) is 2.67. The minimum atomic E-state index is -0.316. The summed E-state index contributed by atoms with van der Waals surface area (Å²) in [6, 6.07) is 17.8. The van der Waals surface area contributed by atoms with E-state index in [9.17, 15) is 9.50 Å². The first-order valence-corrected chi connectivity index (χ1v) is 7.92. The van der Waals surface area contributed by atoms with Crippen molar-refractivity contribution in [2.45, 2.75) is 33.6 Å². The van der Waals surface area contributed by atoms with Gasteiger partial charge in [-0.25, -0.2) is 9.37 Å². The number of nitrogens with zero attached hydrogens (tertiary/aromatic N) is 1. The smallest absolute Gasteiger partial charge is 0.145 e. The lowest BCUT2D eigenvalue weighted by Gasteiger charge is -2.22. The zero-order valence-electron chi connectivity index (χ0n) is 14.0. The molecular formula is C22H24FNO. The summed E-state index contributed by atoms with van der Waals surface area (Å²) in [5.41, 5.74) is 3.50. The second kappa shape index (κ2) is 7.06. The zero-order valence-corrected chi connectivity index (χ0v) is 14.0. The molecule has 130 valence electrons. The number of hydrogen-bond donors (Lipinski definition) is 1. The fourth-order valence-electron chi connectivity index (χ4n) is 2.67. The third-order valence-corrected chi connectivity index (χ3v) is 3.93. The lowest BCUT2D eigenvalue weighted by molar-refractivity contribution is 0.440. The van der Waals surface area contributed by atoms with Crippen molar-refractivity contribution < 1.29 is 9.50 Å². The Kier molecular flexibility index (Phi) is 5.27. The van der Waals surface area contributed by atoms with E-state index >= 15 is 0 Å². The van der Waals surface area contributed by atoms with Crippen LogP contribution in [-0.2, 0) is 5.41 Å². The highest BCUT2D eigenvalue weighted by Crippen LogP contribution is 2.39. The van der Waals surface area contributed by atoms with Gasteiger partial charge in [-0.2, -0.15) is 0 Å². The van der Waals surface area contributed by atoms with E-state index in [2.05, 4.69) is 0 Å². The quantitative estimate of drug-likeness (QED) is 0.604. The van der Waals surface area contributed by atoms with Crippen LogP contribution in [0, 0.1) is 5.82 Å². The molecule has 1 aromatic heterocycles. The van der Waals surface area contributed by atoms with E-state index in [1.165, 1.54) is 12.1 Å². The zero-order chi connectivity index (χ0) is 17.3. The van der Waals surface area contributed by atoms with Gasteiger partial charge in [0.25, 0.3) is 0 Å². The van der Waals surface area contributed by atoms with Gasteiger partial charge in [0.15, 0.2) is 0 Å². The molecule has 0 radical (unpaired) electrons. The third-order valence-electron chi connectivity index (χ3n) is 3.93.